The molecule has 0 rings (SSSR count). The van der Waals surface area contributed by atoms with Gasteiger partial charge in [0.05, 0.1) is 0 Å². The molecule has 0 aliphatic rings. The summed E-state index contributed by atoms with van der Waals surface area (Å²) in [6.07, 6.45) is 5.54. The van der Waals surface area contributed by atoms with Crippen LogP contribution >= 0.6 is 0 Å². The Balaban J connectivity index is 3.00. The van der Waals surface area contributed by atoms with Crippen molar-refractivity contribution in [3.63, 3.8) is 0 Å². The lowest BCUT2D eigenvalue weighted by atomic mass is 10.4. The molecule has 0 aromatic heterocycles. The van der Waals surface area contributed by atoms with E-state index in [9.17, 15) is 0 Å². The van der Waals surface area contributed by atoms with Gasteiger partial charge in [0.1, 0.15) is 0 Å². The smallest absolute Gasteiger partial charge is 0.0303 e. The van der Waals surface area contributed by atoms with Crippen molar-refractivity contribution < 1.29 is 0 Å². The van der Waals surface area contributed by atoms with Crippen molar-refractivity contribution in [2.75, 3.05) is 0 Å². The Morgan fingerprint density at radius 3 is 1.70 bits per heavy atom. The molecule has 0 heterocycles. The molecule has 4 radical (unpaired) electrons. The molecule has 0 saturated carbocycles. The van der Waals surface area contributed by atoms with Crippen molar-refractivity contribution in [3.05, 3.63) is 0 Å². The average molecular weight is 170 g/mol. The van der Waals surface area contributed by atoms with Crippen LogP contribution in [0.3, 0.4) is 0 Å². The van der Waals surface area contributed by atoms with Crippen molar-refractivity contribution in [1.82, 2.24) is 0 Å². The Kier molecular flexibility index (Phi) is 7.87. The van der Waals surface area contributed by atoms with Gasteiger partial charge in [-0.3, -0.25) is 0 Å². The molecule has 0 aliphatic carbocycles. The molecule has 58 valence electrons. The molecular formula is C8H18Si2. The van der Waals surface area contributed by atoms with Crippen LogP contribution in [-0.4, -0.2) is 18.1 Å². The van der Waals surface area contributed by atoms with Gasteiger partial charge in [-0.15, -0.1) is 0 Å². The maximum atomic E-state index is 3.83. The highest BCUT2D eigenvalue weighted by Crippen LogP contribution is 2.06. The monoisotopic (exact) mass is 170 g/mol. The summed E-state index contributed by atoms with van der Waals surface area (Å²) in [5.74, 6) is 0. The zero-order chi connectivity index (χ0) is 7.82. The molecule has 0 aromatic rings. The van der Waals surface area contributed by atoms with Crippen LogP contribution in [0, 0.1) is 0 Å². The van der Waals surface area contributed by atoms with Gasteiger partial charge in [0.25, 0.3) is 0 Å². The normalized spacial score (nSPS) is 10.8. The van der Waals surface area contributed by atoms with Gasteiger partial charge in [0.2, 0.25) is 0 Å². The van der Waals surface area contributed by atoms with Gasteiger partial charge in [0, 0.05) is 18.1 Å². The predicted octanol–water partition coefficient (Wildman–Crippen LogP) is 2.75. The number of hydrogen-bond donors (Lipinski definition) is 0. The second-order valence-corrected chi connectivity index (χ2v) is 7.14. The van der Waals surface area contributed by atoms with E-state index in [0.717, 1.165) is 0 Å². The van der Waals surface area contributed by atoms with E-state index in [2.05, 4.69) is 23.6 Å². The molecule has 0 aromatic carbocycles. The molecule has 0 saturated heterocycles. The lowest BCUT2D eigenvalue weighted by molar-refractivity contribution is 0.848. The second-order valence-electron chi connectivity index (χ2n) is 2.81. The van der Waals surface area contributed by atoms with Gasteiger partial charge in [-0.05, 0) is 0 Å². The topological polar surface area (TPSA) is 0 Å². The van der Waals surface area contributed by atoms with Crippen LogP contribution < -0.4 is 0 Å². The highest BCUT2D eigenvalue weighted by Gasteiger charge is 2.01. The van der Waals surface area contributed by atoms with E-state index in [1.807, 2.05) is 0 Å². The van der Waals surface area contributed by atoms with Crippen LogP contribution in [0.2, 0.25) is 12.1 Å². The fourth-order valence-electron chi connectivity index (χ4n) is 0.905. The number of hydrogen-bond acceptors (Lipinski definition) is 0. The second kappa shape index (κ2) is 7.54. The Hall–Kier alpha value is 0.434. The van der Waals surface area contributed by atoms with E-state index in [-0.39, 0.29) is 8.31 Å². The van der Waals surface area contributed by atoms with E-state index in [0.29, 0.717) is 0 Å². The number of unbranched alkanes of at least 4 members (excludes halogenated alkanes) is 2. The lowest BCUT2D eigenvalue weighted by Gasteiger charge is -2.06. The molecule has 0 fully saturated rings. The highest BCUT2D eigenvalue weighted by atomic mass is 29.1. The Morgan fingerprint density at radius 1 is 1.00 bits per heavy atom. The van der Waals surface area contributed by atoms with Gasteiger partial charge >= 0.3 is 0 Å². The summed E-state index contributed by atoms with van der Waals surface area (Å²) in [6, 6.07) is 2.91. The fraction of sp³-hybridized carbons (Fsp3) is 1.00. The zero-order valence-corrected chi connectivity index (χ0v) is 9.24. The molecule has 0 spiro atoms. The largest absolute Gasteiger partial charge is 0.0654 e. The minimum absolute atomic E-state index is 0.109. The first-order valence-corrected chi connectivity index (χ1v) is 7.79. The molecule has 0 nitrogen and oxygen atoms in total. The minimum atomic E-state index is -0.109. The van der Waals surface area contributed by atoms with Crippen LogP contribution in [0.25, 0.3) is 0 Å². The summed E-state index contributed by atoms with van der Waals surface area (Å²) in [5, 5.41) is 0. The highest BCUT2D eigenvalue weighted by molar-refractivity contribution is 7.03. The van der Waals surface area contributed by atoms with Crippen LogP contribution in [-0.2, 0) is 0 Å². The summed E-state index contributed by atoms with van der Waals surface area (Å²) in [4.78, 5) is 0. The minimum Gasteiger partial charge on any atom is -0.0654 e. The Bertz CT molecular complexity index is 56.3. The van der Waals surface area contributed by atoms with Crippen LogP contribution in [0.5, 0.6) is 0 Å². The third kappa shape index (κ3) is 6.55. The van der Waals surface area contributed by atoms with E-state index in [4.69, 9.17) is 0 Å². The Labute approximate surface area is 70.2 Å². The quantitative estimate of drug-likeness (QED) is 0.538. The summed E-state index contributed by atoms with van der Waals surface area (Å²) in [6.45, 7) is 4.53. The van der Waals surface area contributed by atoms with Crippen LogP contribution in [0.4, 0.5) is 0 Å². The maximum absolute atomic E-state index is 3.83. The third-order valence-electron chi connectivity index (χ3n) is 1.66. The van der Waals surface area contributed by atoms with Gasteiger partial charge < -0.3 is 0 Å². The van der Waals surface area contributed by atoms with E-state index in [1.54, 1.807) is 0 Å². The zero-order valence-electron chi connectivity index (χ0n) is 7.24. The first kappa shape index (κ1) is 10.4. The molecule has 0 N–H and O–H groups in total. The van der Waals surface area contributed by atoms with Crippen molar-refractivity contribution in [1.29, 1.82) is 0 Å². The van der Waals surface area contributed by atoms with Gasteiger partial charge in [-0.2, -0.15) is 0 Å². The van der Waals surface area contributed by atoms with Crippen molar-refractivity contribution >= 4 is 18.1 Å². The first-order valence-electron chi connectivity index (χ1n) is 4.37. The van der Waals surface area contributed by atoms with Crippen LogP contribution in [0.1, 0.15) is 39.5 Å². The van der Waals surface area contributed by atoms with E-state index >= 15 is 0 Å². The van der Waals surface area contributed by atoms with Gasteiger partial charge in [0.15, 0.2) is 0 Å². The molecule has 0 unspecified atom stereocenters. The molecule has 2 heteroatoms. The van der Waals surface area contributed by atoms with E-state index in [1.165, 1.54) is 37.8 Å². The summed E-state index contributed by atoms with van der Waals surface area (Å²) in [5.41, 5.74) is 0. The molecule has 0 atom stereocenters. The van der Waals surface area contributed by atoms with Crippen molar-refractivity contribution in [3.8, 4) is 0 Å². The summed E-state index contributed by atoms with van der Waals surface area (Å²) >= 11 is 0. The third-order valence-corrected chi connectivity index (χ3v) is 5.08. The standard InChI is InChI=1S/C8H18Si2/c1-3-5-7-10(9)8-6-4-2/h3-8H2,1-2H3. The number of rotatable bonds is 6. The lowest BCUT2D eigenvalue weighted by Crippen LogP contribution is -2.11. The van der Waals surface area contributed by atoms with Crippen molar-refractivity contribution in [2.24, 2.45) is 0 Å². The van der Waals surface area contributed by atoms with E-state index < -0.39 is 0 Å². The average Bonchev–Trinajstić information content (AvgIpc) is 1.97. The van der Waals surface area contributed by atoms with Crippen molar-refractivity contribution in [2.45, 2.75) is 51.6 Å². The molecule has 10 heavy (non-hydrogen) atoms. The van der Waals surface area contributed by atoms with Crippen LogP contribution in [0.15, 0.2) is 0 Å². The Morgan fingerprint density at radius 2 is 1.40 bits per heavy atom. The predicted molar refractivity (Wildman–Crippen MR) is 50.9 cm³/mol. The van der Waals surface area contributed by atoms with Gasteiger partial charge in [-0.1, -0.05) is 51.6 Å². The summed E-state index contributed by atoms with van der Waals surface area (Å²) < 4.78 is 0. The van der Waals surface area contributed by atoms with Gasteiger partial charge in [-0.25, -0.2) is 0 Å². The molecule has 0 aliphatic heterocycles. The molecule has 0 amide bonds. The fourth-order valence-corrected chi connectivity index (χ4v) is 3.78. The molecular weight excluding hydrogens is 152 g/mol. The SMILES string of the molecule is CCCC[Si]([Si])CCCC. The molecule has 0 bridgehead atoms. The first-order chi connectivity index (χ1) is 4.81. The maximum Gasteiger partial charge on any atom is 0.0303 e. The summed E-state index contributed by atoms with van der Waals surface area (Å²) in [7, 11) is 3.72.